The number of ether oxygens (including phenoxy) is 1. The average Bonchev–Trinajstić information content (AvgIpc) is 2.54. The number of aromatic nitrogens is 1. The molecule has 0 spiro atoms. The van der Waals surface area contributed by atoms with E-state index in [0.29, 0.717) is 11.5 Å². The summed E-state index contributed by atoms with van der Waals surface area (Å²) in [6.07, 6.45) is 5.40. The number of nitrogens with one attached hydrogen (secondary N) is 2. The van der Waals surface area contributed by atoms with Gasteiger partial charge in [0.25, 0.3) is 5.91 Å². The fraction of sp³-hybridized carbons (Fsp3) is 0.600. The van der Waals surface area contributed by atoms with Crippen LogP contribution in [0.5, 0.6) is 5.88 Å². The van der Waals surface area contributed by atoms with Crippen molar-refractivity contribution in [3.8, 4) is 5.88 Å². The SMILES string of the molecule is CNc1nc(OCCF)c(C(=O)NC2CCCCC2)cc1N. The normalized spacial score (nSPS) is 15.4. The minimum Gasteiger partial charge on any atom is -0.474 e. The molecule has 0 aromatic carbocycles. The Morgan fingerprint density at radius 2 is 2.18 bits per heavy atom. The van der Waals surface area contributed by atoms with Gasteiger partial charge in [-0.1, -0.05) is 19.3 Å². The molecule has 0 radical (unpaired) electrons. The largest absolute Gasteiger partial charge is 0.474 e. The second kappa shape index (κ2) is 7.82. The van der Waals surface area contributed by atoms with Gasteiger partial charge in [-0.25, -0.2) is 4.39 Å². The van der Waals surface area contributed by atoms with Crippen molar-refractivity contribution in [3.05, 3.63) is 11.6 Å². The predicted octanol–water partition coefficient (Wildman–Crippen LogP) is 2.12. The molecule has 0 saturated heterocycles. The summed E-state index contributed by atoms with van der Waals surface area (Å²) in [5.41, 5.74) is 6.46. The van der Waals surface area contributed by atoms with Crippen molar-refractivity contribution < 1.29 is 13.9 Å². The van der Waals surface area contributed by atoms with Crippen LogP contribution in [-0.2, 0) is 0 Å². The van der Waals surface area contributed by atoms with Crippen LogP contribution >= 0.6 is 0 Å². The third-order valence-corrected chi connectivity index (χ3v) is 3.75. The molecule has 1 aromatic heterocycles. The Morgan fingerprint density at radius 1 is 1.45 bits per heavy atom. The molecule has 1 heterocycles. The van der Waals surface area contributed by atoms with E-state index in [-0.39, 0.29) is 30.0 Å². The summed E-state index contributed by atoms with van der Waals surface area (Å²) in [4.78, 5) is 16.6. The lowest BCUT2D eigenvalue weighted by molar-refractivity contribution is 0.0922. The zero-order valence-electron chi connectivity index (χ0n) is 12.8. The Balaban J connectivity index is 2.18. The molecule has 1 fully saturated rings. The third kappa shape index (κ3) is 3.99. The van der Waals surface area contributed by atoms with Gasteiger partial charge in [-0.15, -0.1) is 0 Å². The number of nitrogen functional groups attached to an aromatic ring is 1. The van der Waals surface area contributed by atoms with Crippen LogP contribution in [0.25, 0.3) is 0 Å². The molecule has 122 valence electrons. The highest BCUT2D eigenvalue weighted by Gasteiger charge is 2.21. The van der Waals surface area contributed by atoms with Crippen LogP contribution in [0.1, 0.15) is 42.5 Å². The molecule has 0 aliphatic heterocycles. The summed E-state index contributed by atoms with van der Waals surface area (Å²) in [5.74, 6) is 0.232. The average molecular weight is 310 g/mol. The van der Waals surface area contributed by atoms with Crippen LogP contribution < -0.4 is 21.1 Å². The molecule has 0 atom stereocenters. The van der Waals surface area contributed by atoms with Gasteiger partial charge >= 0.3 is 0 Å². The molecule has 1 saturated carbocycles. The number of rotatable bonds is 6. The number of hydrogen-bond acceptors (Lipinski definition) is 5. The Morgan fingerprint density at radius 3 is 2.82 bits per heavy atom. The first-order chi connectivity index (χ1) is 10.7. The number of nitrogens with two attached hydrogens (primary N) is 1. The molecule has 1 aromatic rings. The lowest BCUT2D eigenvalue weighted by atomic mass is 9.95. The molecule has 7 heteroatoms. The number of hydrogen-bond donors (Lipinski definition) is 3. The second-order valence-electron chi connectivity index (χ2n) is 5.37. The van der Waals surface area contributed by atoms with E-state index in [2.05, 4.69) is 15.6 Å². The standard InChI is InChI=1S/C15H23FN4O2/c1-18-13-12(17)9-11(15(20-13)22-8-7-16)14(21)19-10-5-3-2-4-6-10/h9-10H,2-8,17H2,1H3,(H,18,20)(H,19,21). The Kier molecular flexibility index (Phi) is 5.80. The number of halogens is 1. The highest BCUT2D eigenvalue weighted by Crippen LogP contribution is 2.26. The van der Waals surface area contributed by atoms with Gasteiger partial charge in [0.2, 0.25) is 5.88 Å². The highest BCUT2D eigenvalue weighted by molar-refractivity contribution is 5.98. The lowest BCUT2D eigenvalue weighted by Gasteiger charge is -2.23. The van der Waals surface area contributed by atoms with Crippen LogP contribution in [-0.4, -0.2) is 37.3 Å². The summed E-state index contributed by atoms with van der Waals surface area (Å²) in [6, 6.07) is 1.69. The number of alkyl halides is 1. The molecule has 1 aliphatic carbocycles. The first kappa shape index (κ1) is 16.3. The van der Waals surface area contributed by atoms with Crippen molar-refractivity contribution in [2.24, 2.45) is 0 Å². The summed E-state index contributed by atoms with van der Waals surface area (Å²) in [5, 5.41) is 5.81. The van der Waals surface area contributed by atoms with Crippen molar-refractivity contribution >= 4 is 17.4 Å². The van der Waals surface area contributed by atoms with Crippen LogP contribution in [0.2, 0.25) is 0 Å². The molecular formula is C15H23FN4O2. The maximum Gasteiger partial charge on any atom is 0.257 e. The van der Waals surface area contributed by atoms with Gasteiger partial charge in [-0.2, -0.15) is 4.98 Å². The van der Waals surface area contributed by atoms with E-state index < -0.39 is 6.67 Å². The zero-order valence-corrected chi connectivity index (χ0v) is 12.8. The van der Waals surface area contributed by atoms with Gasteiger partial charge in [0.1, 0.15) is 18.8 Å². The molecule has 0 bridgehead atoms. The number of carbonyl (C=O) groups is 1. The van der Waals surface area contributed by atoms with Gasteiger partial charge < -0.3 is 21.1 Å². The van der Waals surface area contributed by atoms with E-state index in [4.69, 9.17) is 10.5 Å². The first-order valence-electron chi connectivity index (χ1n) is 7.63. The van der Waals surface area contributed by atoms with E-state index in [1.807, 2.05) is 0 Å². The van der Waals surface area contributed by atoms with Gasteiger partial charge in [0.05, 0.1) is 5.69 Å². The van der Waals surface area contributed by atoms with Gasteiger partial charge in [-0.05, 0) is 18.9 Å². The molecule has 4 N–H and O–H groups in total. The Hall–Kier alpha value is -2.05. The molecular weight excluding hydrogens is 287 g/mol. The van der Waals surface area contributed by atoms with Crippen molar-refractivity contribution in [1.29, 1.82) is 0 Å². The quantitative estimate of drug-likeness (QED) is 0.749. The summed E-state index contributed by atoms with van der Waals surface area (Å²) < 4.78 is 17.6. The topological polar surface area (TPSA) is 89.3 Å². The summed E-state index contributed by atoms with van der Waals surface area (Å²) in [6.45, 7) is -0.797. The van der Waals surface area contributed by atoms with E-state index in [1.54, 1.807) is 7.05 Å². The van der Waals surface area contributed by atoms with Crippen LogP contribution in [0.3, 0.4) is 0 Å². The van der Waals surface area contributed by atoms with Crippen molar-refractivity contribution in [2.75, 3.05) is 31.4 Å². The van der Waals surface area contributed by atoms with Crippen molar-refractivity contribution in [2.45, 2.75) is 38.1 Å². The number of amides is 1. The Bertz CT molecular complexity index is 519. The van der Waals surface area contributed by atoms with Crippen LogP contribution in [0.4, 0.5) is 15.9 Å². The Labute approximate surface area is 129 Å². The van der Waals surface area contributed by atoms with E-state index in [1.165, 1.54) is 12.5 Å². The van der Waals surface area contributed by atoms with Crippen LogP contribution in [0.15, 0.2) is 6.07 Å². The lowest BCUT2D eigenvalue weighted by Crippen LogP contribution is -2.36. The first-order valence-corrected chi connectivity index (χ1v) is 7.63. The molecule has 2 rings (SSSR count). The number of pyridine rings is 1. The van der Waals surface area contributed by atoms with E-state index >= 15 is 0 Å². The van der Waals surface area contributed by atoms with Gasteiger partial charge in [0.15, 0.2) is 5.82 Å². The summed E-state index contributed by atoms with van der Waals surface area (Å²) >= 11 is 0. The fourth-order valence-electron chi connectivity index (χ4n) is 2.63. The molecule has 1 amide bonds. The molecule has 1 aliphatic rings. The second-order valence-corrected chi connectivity index (χ2v) is 5.37. The molecule has 6 nitrogen and oxygen atoms in total. The highest BCUT2D eigenvalue weighted by atomic mass is 19.1. The third-order valence-electron chi connectivity index (χ3n) is 3.75. The minimum atomic E-state index is -0.648. The maximum absolute atomic E-state index is 12.4. The monoisotopic (exact) mass is 310 g/mol. The fourth-order valence-corrected chi connectivity index (χ4v) is 2.63. The molecule has 22 heavy (non-hydrogen) atoms. The van der Waals surface area contributed by atoms with Gasteiger partial charge in [0, 0.05) is 13.1 Å². The number of nitrogens with zero attached hydrogens (tertiary/aromatic N) is 1. The summed E-state index contributed by atoms with van der Waals surface area (Å²) in [7, 11) is 1.67. The van der Waals surface area contributed by atoms with Gasteiger partial charge in [-0.3, -0.25) is 4.79 Å². The molecule has 0 unspecified atom stereocenters. The van der Waals surface area contributed by atoms with E-state index in [0.717, 1.165) is 25.7 Å². The predicted molar refractivity (Wildman–Crippen MR) is 84.0 cm³/mol. The number of carbonyl (C=O) groups excluding carboxylic acids is 1. The van der Waals surface area contributed by atoms with Crippen molar-refractivity contribution in [1.82, 2.24) is 10.3 Å². The van der Waals surface area contributed by atoms with Crippen LogP contribution in [0, 0.1) is 0 Å². The number of anilines is 2. The zero-order chi connectivity index (χ0) is 15.9. The van der Waals surface area contributed by atoms with E-state index in [9.17, 15) is 9.18 Å². The minimum absolute atomic E-state index is 0.101. The van der Waals surface area contributed by atoms with Crippen molar-refractivity contribution in [3.63, 3.8) is 0 Å². The smallest absolute Gasteiger partial charge is 0.257 e. The maximum atomic E-state index is 12.4.